The lowest BCUT2D eigenvalue weighted by molar-refractivity contribution is -0.137. The first-order valence-corrected chi connectivity index (χ1v) is 15.0. The van der Waals surface area contributed by atoms with E-state index in [9.17, 15) is 18.0 Å². The Bertz CT molecular complexity index is 1430. The van der Waals surface area contributed by atoms with E-state index < -0.39 is 11.7 Å². The van der Waals surface area contributed by atoms with E-state index in [1.165, 1.54) is 19.3 Å². The minimum absolute atomic E-state index is 0.0706. The molecule has 1 saturated carbocycles. The Balaban J connectivity index is 1.04. The maximum absolute atomic E-state index is 13.8. The predicted octanol–water partition coefficient (Wildman–Crippen LogP) is 6.88. The van der Waals surface area contributed by atoms with E-state index in [-0.39, 0.29) is 17.8 Å². The summed E-state index contributed by atoms with van der Waals surface area (Å²) in [5.41, 5.74) is 1.77. The lowest BCUT2D eigenvalue weighted by atomic mass is 9.96. The zero-order valence-electron chi connectivity index (χ0n) is 23.9. The molecule has 10 heteroatoms. The number of urea groups is 1. The Labute approximate surface area is 244 Å². The zero-order valence-corrected chi connectivity index (χ0v) is 23.9. The summed E-state index contributed by atoms with van der Waals surface area (Å²) < 4.78 is 47.2. The third-order valence-electron chi connectivity index (χ3n) is 8.76. The zero-order chi connectivity index (χ0) is 29.3. The quantitative estimate of drug-likeness (QED) is 0.284. The first-order chi connectivity index (χ1) is 20.2. The molecular weight excluding hydrogens is 543 g/mol. The molecule has 3 aliphatic rings. The number of alkyl halides is 3. The Hall–Kier alpha value is -3.53. The average molecular weight is 582 g/mol. The first-order valence-electron chi connectivity index (χ1n) is 15.0. The number of nitrogens with one attached hydrogen (secondary N) is 2. The molecule has 2 unspecified atom stereocenters. The molecule has 2 bridgehead atoms. The molecule has 2 aromatic carbocycles. The number of hydrogen-bond donors (Lipinski definition) is 2. The summed E-state index contributed by atoms with van der Waals surface area (Å²) >= 11 is 0. The van der Waals surface area contributed by atoms with Crippen molar-refractivity contribution in [3.8, 4) is 5.75 Å². The summed E-state index contributed by atoms with van der Waals surface area (Å²) in [7, 11) is 0. The van der Waals surface area contributed by atoms with Crippen LogP contribution in [-0.4, -0.2) is 65.2 Å². The van der Waals surface area contributed by atoms with E-state index in [4.69, 9.17) is 4.74 Å². The van der Waals surface area contributed by atoms with Gasteiger partial charge in [0.05, 0.1) is 17.7 Å². The molecule has 42 heavy (non-hydrogen) atoms. The van der Waals surface area contributed by atoms with Gasteiger partial charge in [0, 0.05) is 66.3 Å². The summed E-state index contributed by atoms with van der Waals surface area (Å²) in [6.07, 6.45) is 2.94. The summed E-state index contributed by atoms with van der Waals surface area (Å²) in [6, 6.07) is 14.1. The van der Waals surface area contributed by atoms with Crippen molar-refractivity contribution in [1.29, 1.82) is 0 Å². The summed E-state index contributed by atoms with van der Waals surface area (Å²) in [4.78, 5) is 21.7. The van der Waals surface area contributed by atoms with Crippen LogP contribution in [0.2, 0.25) is 0 Å². The normalized spacial score (nSPS) is 21.2. The largest absolute Gasteiger partial charge is 0.493 e. The summed E-state index contributed by atoms with van der Waals surface area (Å²) in [5, 5.41) is 7.23. The molecule has 0 spiro atoms. The Morgan fingerprint density at radius 2 is 1.86 bits per heavy atom. The van der Waals surface area contributed by atoms with Gasteiger partial charge in [-0.25, -0.2) is 4.79 Å². The first kappa shape index (κ1) is 28.6. The van der Waals surface area contributed by atoms with Gasteiger partial charge in [0.15, 0.2) is 0 Å². The van der Waals surface area contributed by atoms with E-state index in [1.807, 2.05) is 42.2 Å². The van der Waals surface area contributed by atoms with Gasteiger partial charge in [-0.05, 0) is 56.9 Å². The molecule has 2 saturated heterocycles. The van der Waals surface area contributed by atoms with Crippen LogP contribution < -0.4 is 15.4 Å². The highest BCUT2D eigenvalue weighted by Gasteiger charge is 2.45. The second kappa shape index (κ2) is 12.0. The molecule has 0 radical (unpaired) electrons. The van der Waals surface area contributed by atoms with E-state index in [1.54, 1.807) is 6.07 Å². The second-order valence-corrected chi connectivity index (χ2v) is 11.9. The fraction of sp³-hybridized carbons (Fsp3) is 0.500. The van der Waals surface area contributed by atoms with E-state index in [0.717, 1.165) is 67.6 Å². The SMILES string of the molecule is Cc1cc(Nc2cc(OCCCN3CC4CC3CN4C(=O)NC3CCCCC3)cc(C(F)(F)F)c2)c2ccccc2n1. The number of nitrogens with zero attached hydrogens (tertiary/aromatic N) is 3. The lowest BCUT2D eigenvalue weighted by Crippen LogP contribution is -2.53. The van der Waals surface area contributed by atoms with Gasteiger partial charge in [-0.2, -0.15) is 13.2 Å². The number of carbonyl (C=O) groups excluding carboxylic acids is 1. The molecule has 6 rings (SSSR count). The Morgan fingerprint density at radius 1 is 1.05 bits per heavy atom. The maximum atomic E-state index is 13.8. The number of aryl methyl sites for hydroxylation is 1. The number of halogens is 3. The van der Waals surface area contributed by atoms with Gasteiger partial charge in [-0.3, -0.25) is 9.88 Å². The predicted molar refractivity (Wildman–Crippen MR) is 157 cm³/mol. The molecule has 2 N–H and O–H groups in total. The third kappa shape index (κ3) is 6.43. The molecular formula is C32H38F3N5O2. The van der Waals surface area contributed by atoms with Crippen LogP contribution in [0.5, 0.6) is 5.75 Å². The molecule has 2 aliphatic heterocycles. The third-order valence-corrected chi connectivity index (χ3v) is 8.76. The second-order valence-electron chi connectivity index (χ2n) is 11.9. The van der Waals surface area contributed by atoms with Gasteiger partial charge in [0.25, 0.3) is 0 Å². The number of amides is 2. The lowest BCUT2D eigenvalue weighted by Gasteiger charge is -2.35. The van der Waals surface area contributed by atoms with E-state index >= 15 is 0 Å². The van der Waals surface area contributed by atoms with Gasteiger partial charge in [-0.1, -0.05) is 37.5 Å². The van der Waals surface area contributed by atoms with Crippen LogP contribution in [0.1, 0.15) is 56.2 Å². The highest BCUT2D eigenvalue weighted by atomic mass is 19.4. The fourth-order valence-corrected chi connectivity index (χ4v) is 6.72. The number of pyridine rings is 1. The van der Waals surface area contributed by atoms with Crippen LogP contribution in [0, 0.1) is 6.92 Å². The van der Waals surface area contributed by atoms with Crippen LogP contribution in [-0.2, 0) is 6.18 Å². The van der Waals surface area contributed by atoms with Gasteiger partial charge in [0.1, 0.15) is 5.75 Å². The van der Waals surface area contributed by atoms with Gasteiger partial charge in [-0.15, -0.1) is 0 Å². The minimum atomic E-state index is -4.50. The number of piperazine rings is 1. The molecule has 2 amide bonds. The molecule has 1 aromatic heterocycles. The monoisotopic (exact) mass is 581 g/mol. The minimum Gasteiger partial charge on any atom is -0.493 e. The number of aromatic nitrogens is 1. The van der Waals surface area contributed by atoms with Crippen LogP contribution in [0.4, 0.5) is 29.3 Å². The van der Waals surface area contributed by atoms with Crippen molar-refractivity contribution >= 4 is 28.3 Å². The Morgan fingerprint density at radius 3 is 2.62 bits per heavy atom. The molecule has 1 aliphatic carbocycles. The number of anilines is 2. The van der Waals surface area contributed by atoms with Crippen molar-refractivity contribution in [1.82, 2.24) is 20.1 Å². The maximum Gasteiger partial charge on any atom is 0.416 e. The summed E-state index contributed by atoms with van der Waals surface area (Å²) in [5.74, 6) is 0.177. The number of hydrogen-bond acceptors (Lipinski definition) is 5. The van der Waals surface area contributed by atoms with Crippen LogP contribution in [0.25, 0.3) is 10.9 Å². The Kier molecular flexibility index (Phi) is 8.16. The van der Waals surface area contributed by atoms with Crippen molar-refractivity contribution in [2.75, 3.05) is 31.6 Å². The molecule has 224 valence electrons. The smallest absolute Gasteiger partial charge is 0.416 e. The molecule has 3 heterocycles. The van der Waals surface area contributed by atoms with Crippen molar-refractivity contribution in [2.45, 2.75) is 76.2 Å². The van der Waals surface area contributed by atoms with Crippen molar-refractivity contribution in [3.63, 3.8) is 0 Å². The number of likely N-dealkylation sites (tertiary alicyclic amines) is 2. The van der Waals surface area contributed by atoms with Crippen LogP contribution in [0.15, 0.2) is 48.5 Å². The number of carbonyl (C=O) groups is 1. The highest BCUT2D eigenvalue weighted by Crippen LogP contribution is 2.36. The fourth-order valence-electron chi connectivity index (χ4n) is 6.72. The van der Waals surface area contributed by atoms with Crippen molar-refractivity contribution in [2.24, 2.45) is 0 Å². The van der Waals surface area contributed by atoms with Gasteiger partial charge >= 0.3 is 12.2 Å². The number of rotatable bonds is 8. The molecule has 3 aromatic rings. The topological polar surface area (TPSA) is 69.7 Å². The number of ether oxygens (including phenoxy) is 1. The molecule has 3 fully saturated rings. The summed E-state index contributed by atoms with van der Waals surface area (Å²) in [6.45, 7) is 4.51. The molecule has 7 nitrogen and oxygen atoms in total. The van der Waals surface area contributed by atoms with Crippen LogP contribution in [0.3, 0.4) is 0 Å². The van der Waals surface area contributed by atoms with Crippen LogP contribution >= 0.6 is 0 Å². The van der Waals surface area contributed by atoms with Gasteiger partial charge in [0.2, 0.25) is 0 Å². The van der Waals surface area contributed by atoms with E-state index in [2.05, 4.69) is 20.5 Å². The highest BCUT2D eigenvalue weighted by molar-refractivity contribution is 5.93. The van der Waals surface area contributed by atoms with Crippen molar-refractivity contribution in [3.05, 3.63) is 59.8 Å². The number of fused-ring (bicyclic) bond motifs is 3. The van der Waals surface area contributed by atoms with Crippen molar-refractivity contribution < 1.29 is 22.7 Å². The van der Waals surface area contributed by atoms with E-state index in [0.29, 0.717) is 36.5 Å². The van der Waals surface area contributed by atoms with Gasteiger partial charge < -0.3 is 20.3 Å². The average Bonchev–Trinajstić information content (AvgIpc) is 3.56. The standard InChI is InChI=1S/C32H38F3N5O2/c1-21-14-30(28-10-5-6-11-29(28)36-21)37-24-15-22(32(33,34)35)16-27(17-24)42-13-7-12-39-19-26-18-25(39)20-40(26)31(41)38-23-8-3-2-4-9-23/h5-6,10-11,14-17,23,25-26H,2-4,7-9,12-13,18-20H2,1H3,(H,36,37)(H,38,41). The number of benzene rings is 2. The number of para-hydroxylation sites is 1. The molecule has 2 atom stereocenters.